The molecule has 0 saturated carbocycles. The fraction of sp³-hybridized carbons (Fsp3) is 0.444. The lowest BCUT2D eigenvalue weighted by Gasteiger charge is -2.33. The van der Waals surface area contributed by atoms with Gasteiger partial charge in [-0.05, 0) is 38.8 Å². The second kappa shape index (κ2) is 5.98. The zero-order valence-electron chi connectivity index (χ0n) is 14.4. The fourth-order valence-corrected chi connectivity index (χ4v) is 3.54. The molecule has 0 amide bonds. The Kier molecular flexibility index (Phi) is 3.78. The average Bonchev–Trinajstić information content (AvgIpc) is 2.86. The maximum Gasteiger partial charge on any atom is 0.343 e. The SMILES string of the molecule is CC1(C)OC(=O)c2c1ccnc2N[C@@H]1CCCN(c2ncccn2)C1. The van der Waals surface area contributed by atoms with E-state index in [2.05, 4.69) is 25.2 Å². The van der Waals surface area contributed by atoms with Crippen LogP contribution in [-0.4, -0.2) is 40.1 Å². The topological polar surface area (TPSA) is 80.2 Å². The first-order valence-corrected chi connectivity index (χ1v) is 8.56. The summed E-state index contributed by atoms with van der Waals surface area (Å²) >= 11 is 0. The summed E-state index contributed by atoms with van der Waals surface area (Å²) < 4.78 is 5.49. The summed E-state index contributed by atoms with van der Waals surface area (Å²) in [7, 11) is 0. The Morgan fingerprint density at radius 2 is 2.04 bits per heavy atom. The number of esters is 1. The van der Waals surface area contributed by atoms with Crippen molar-refractivity contribution in [2.24, 2.45) is 0 Å². The lowest BCUT2D eigenvalue weighted by Crippen LogP contribution is -2.43. The highest BCUT2D eigenvalue weighted by molar-refractivity contribution is 5.99. The van der Waals surface area contributed by atoms with Crippen molar-refractivity contribution in [3.63, 3.8) is 0 Å². The number of hydrogen-bond donors (Lipinski definition) is 1. The summed E-state index contributed by atoms with van der Waals surface area (Å²) in [5.41, 5.74) is 0.831. The molecule has 7 heteroatoms. The third kappa shape index (κ3) is 2.90. The molecule has 0 radical (unpaired) electrons. The van der Waals surface area contributed by atoms with E-state index in [0.29, 0.717) is 11.4 Å². The molecule has 0 spiro atoms. The van der Waals surface area contributed by atoms with Gasteiger partial charge in [-0.1, -0.05) is 0 Å². The van der Waals surface area contributed by atoms with Crippen molar-refractivity contribution >= 4 is 17.7 Å². The molecule has 0 unspecified atom stereocenters. The van der Waals surface area contributed by atoms with E-state index < -0.39 is 5.60 Å². The van der Waals surface area contributed by atoms with Gasteiger partial charge in [-0.15, -0.1) is 0 Å². The lowest BCUT2D eigenvalue weighted by atomic mass is 9.97. The largest absolute Gasteiger partial charge is 0.451 e. The number of aromatic nitrogens is 3. The van der Waals surface area contributed by atoms with E-state index in [1.807, 2.05) is 26.0 Å². The van der Waals surface area contributed by atoms with Crippen LogP contribution in [0.15, 0.2) is 30.7 Å². The molecule has 0 aromatic carbocycles. The van der Waals surface area contributed by atoms with Crippen LogP contribution in [0, 0.1) is 0 Å². The van der Waals surface area contributed by atoms with Gasteiger partial charge >= 0.3 is 5.97 Å². The average molecular weight is 339 g/mol. The molecule has 2 aliphatic rings. The van der Waals surface area contributed by atoms with Crippen molar-refractivity contribution in [3.05, 3.63) is 41.9 Å². The molecule has 4 rings (SSSR count). The van der Waals surface area contributed by atoms with E-state index in [-0.39, 0.29) is 12.0 Å². The van der Waals surface area contributed by atoms with Crippen LogP contribution in [-0.2, 0) is 10.3 Å². The van der Waals surface area contributed by atoms with Crippen molar-refractivity contribution < 1.29 is 9.53 Å². The second-order valence-corrected chi connectivity index (χ2v) is 6.96. The summed E-state index contributed by atoms with van der Waals surface area (Å²) in [6, 6.07) is 3.84. The number of rotatable bonds is 3. The number of anilines is 2. The van der Waals surface area contributed by atoms with E-state index >= 15 is 0 Å². The predicted octanol–water partition coefficient (Wildman–Crippen LogP) is 2.36. The molecule has 1 N–H and O–H groups in total. The van der Waals surface area contributed by atoms with Gasteiger partial charge in [0.15, 0.2) is 0 Å². The molecular formula is C18H21N5O2. The van der Waals surface area contributed by atoms with Gasteiger partial charge in [0, 0.05) is 43.3 Å². The molecule has 130 valence electrons. The third-order valence-corrected chi connectivity index (χ3v) is 4.75. The number of nitrogens with one attached hydrogen (secondary N) is 1. The van der Waals surface area contributed by atoms with Crippen LogP contribution >= 0.6 is 0 Å². The first-order valence-electron chi connectivity index (χ1n) is 8.56. The molecule has 7 nitrogen and oxygen atoms in total. The van der Waals surface area contributed by atoms with Crippen LogP contribution in [0.25, 0.3) is 0 Å². The highest BCUT2D eigenvalue weighted by Crippen LogP contribution is 2.38. The van der Waals surface area contributed by atoms with Gasteiger partial charge < -0.3 is 15.0 Å². The van der Waals surface area contributed by atoms with Gasteiger partial charge in [-0.2, -0.15) is 0 Å². The van der Waals surface area contributed by atoms with Crippen molar-refractivity contribution in [1.29, 1.82) is 0 Å². The van der Waals surface area contributed by atoms with E-state index in [4.69, 9.17) is 4.74 Å². The third-order valence-electron chi connectivity index (χ3n) is 4.75. The number of carbonyl (C=O) groups is 1. The standard InChI is InChI=1S/C18H21N5O2/c1-18(2)13-6-9-19-15(14(13)16(24)25-18)22-12-5-3-10-23(11-12)17-20-7-4-8-21-17/h4,6-9,12H,3,5,10-11H2,1-2H3,(H,19,22)/t12-/m1/s1. The molecule has 2 aliphatic heterocycles. The van der Waals surface area contributed by atoms with Crippen LogP contribution in [0.5, 0.6) is 0 Å². The molecule has 25 heavy (non-hydrogen) atoms. The predicted molar refractivity (Wildman–Crippen MR) is 93.6 cm³/mol. The van der Waals surface area contributed by atoms with Gasteiger partial charge in [0.25, 0.3) is 0 Å². The first-order chi connectivity index (χ1) is 12.0. The van der Waals surface area contributed by atoms with Crippen LogP contribution in [0.1, 0.15) is 42.6 Å². The summed E-state index contributed by atoms with van der Waals surface area (Å²) in [6.45, 7) is 5.50. The van der Waals surface area contributed by atoms with Gasteiger partial charge in [0.05, 0.1) is 0 Å². The highest BCUT2D eigenvalue weighted by Gasteiger charge is 2.40. The van der Waals surface area contributed by atoms with Crippen LogP contribution in [0.4, 0.5) is 11.8 Å². The molecule has 1 saturated heterocycles. The number of carbonyl (C=O) groups excluding carboxylic acids is 1. The van der Waals surface area contributed by atoms with E-state index in [1.165, 1.54) is 0 Å². The molecule has 1 atom stereocenters. The number of cyclic esters (lactones) is 1. The Morgan fingerprint density at radius 1 is 1.24 bits per heavy atom. The number of piperidine rings is 1. The summed E-state index contributed by atoms with van der Waals surface area (Å²) in [5.74, 6) is 1.03. The summed E-state index contributed by atoms with van der Waals surface area (Å²) in [6.07, 6.45) is 7.27. The van der Waals surface area contributed by atoms with Gasteiger partial charge in [0.1, 0.15) is 17.0 Å². The number of nitrogens with zero attached hydrogens (tertiary/aromatic N) is 4. The van der Waals surface area contributed by atoms with Gasteiger partial charge in [0.2, 0.25) is 5.95 Å². The van der Waals surface area contributed by atoms with E-state index in [9.17, 15) is 4.79 Å². The Balaban J connectivity index is 1.55. The van der Waals surface area contributed by atoms with Crippen molar-refractivity contribution in [1.82, 2.24) is 15.0 Å². The van der Waals surface area contributed by atoms with Crippen molar-refractivity contribution in [3.8, 4) is 0 Å². The molecule has 0 aliphatic carbocycles. The zero-order valence-corrected chi connectivity index (χ0v) is 14.4. The maximum absolute atomic E-state index is 12.3. The number of fused-ring (bicyclic) bond motifs is 1. The smallest absolute Gasteiger partial charge is 0.343 e. The molecule has 2 aromatic heterocycles. The zero-order chi connectivity index (χ0) is 17.4. The molecule has 4 heterocycles. The second-order valence-electron chi connectivity index (χ2n) is 6.96. The number of ether oxygens (including phenoxy) is 1. The van der Waals surface area contributed by atoms with Gasteiger partial charge in [-0.3, -0.25) is 0 Å². The van der Waals surface area contributed by atoms with Crippen LogP contribution < -0.4 is 10.2 Å². The molecular weight excluding hydrogens is 318 g/mol. The van der Waals surface area contributed by atoms with Crippen molar-refractivity contribution in [2.45, 2.75) is 38.3 Å². The van der Waals surface area contributed by atoms with Crippen molar-refractivity contribution in [2.75, 3.05) is 23.3 Å². The Morgan fingerprint density at radius 3 is 2.84 bits per heavy atom. The normalized spacial score (nSPS) is 21.6. The Labute approximate surface area is 146 Å². The fourth-order valence-electron chi connectivity index (χ4n) is 3.54. The minimum atomic E-state index is -0.609. The molecule has 0 bridgehead atoms. The number of pyridine rings is 1. The monoisotopic (exact) mass is 339 g/mol. The quantitative estimate of drug-likeness (QED) is 0.860. The molecule has 2 aromatic rings. The number of hydrogen-bond acceptors (Lipinski definition) is 7. The van der Waals surface area contributed by atoms with Crippen LogP contribution in [0.2, 0.25) is 0 Å². The minimum absolute atomic E-state index is 0.174. The maximum atomic E-state index is 12.3. The first kappa shape index (κ1) is 15.8. The van der Waals surface area contributed by atoms with E-state index in [0.717, 1.165) is 37.4 Å². The summed E-state index contributed by atoms with van der Waals surface area (Å²) in [5, 5.41) is 3.44. The Bertz CT molecular complexity index is 793. The van der Waals surface area contributed by atoms with E-state index in [1.54, 1.807) is 18.6 Å². The highest BCUT2D eigenvalue weighted by atomic mass is 16.6. The lowest BCUT2D eigenvalue weighted by molar-refractivity contribution is 0.00958. The minimum Gasteiger partial charge on any atom is -0.451 e. The summed E-state index contributed by atoms with van der Waals surface area (Å²) in [4.78, 5) is 27.5. The van der Waals surface area contributed by atoms with Gasteiger partial charge in [-0.25, -0.2) is 19.7 Å². The van der Waals surface area contributed by atoms with Crippen LogP contribution in [0.3, 0.4) is 0 Å². The Hall–Kier alpha value is -2.70. The molecule has 1 fully saturated rings.